The molecule has 1 aromatic rings. The zero-order chi connectivity index (χ0) is 12.0. The van der Waals surface area contributed by atoms with E-state index in [1.807, 2.05) is 12.3 Å². The SMILES string of the molecule is COC(=O)CCC(=O)NCc1csc(C)n1. The molecule has 1 amide bonds. The van der Waals surface area contributed by atoms with Crippen molar-refractivity contribution in [2.75, 3.05) is 7.11 Å². The Hall–Kier alpha value is -1.43. The molecule has 1 heterocycles. The number of aryl methyl sites for hydroxylation is 1. The second-order valence-electron chi connectivity index (χ2n) is 3.21. The number of carbonyl (C=O) groups excluding carboxylic acids is 2. The highest BCUT2D eigenvalue weighted by Gasteiger charge is 2.07. The van der Waals surface area contributed by atoms with Gasteiger partial charge in [0.15, 0.2) is 0 Å². The standard InChI is InChI=1S/C10H14N2O3S/c1-7-12-8(6-16-7)5-11-9(13)3-4-10(14)15-2/h6H,3-5H2,1-2H3,(H,11,13). The first-order valence-electron chi connectivity index (χ1n) is 4.86. The van der Waals surface area contributed by atoms with Crippen molar-refractivity contribution < 1.29 is 14.3 Å². The summed E-state index contributed by atoms with van der Waals surface area (Å²) in [7, 11) is 1.30. The predicted molar refractivity (Wildman–Crippen MR) is 59.9 cm³/mol. The average molecular weight is 242 g/mol. The lowest BCUT2D eigenvalue weighted by molar-refractivity contribution is -0.142. The molecule has 0 aliphatic heterocycles. The van der Waals surface area contributed by atoms with Gasteiger partial charge in [0.2, 0.25) is 5.91 Å². The lowest BCUT2D eigenvalue weighted by Crippen LogP contribution is -2.23. The number of thiazole rings is 1. The van der Waals surface area contributed by atoms with Crippen molar-refractivity contribution in [1.82, 2.24) is 10.3 Å². The Morgan fingerprint density at radius 2 is 2.25 bits per heavy atom. The van der Waals surface area contributed by atoms with Crippen molar-refractivity contribution in [3.63, 3.8) is 0 Å². The fourth-order valence-corrected chi connectivity index (χ4v) is 1.70. The minimum absolute atomic E-state index is 0.110. The van der Waals surface area contributed by atoms with E-state index < -0.39 is 0 Å². The predicted octanol–water partition coefficient (Wildman–Crippen LogP) is 1.02. The monoisotopic (exact) mass is 242 g/mol. The molecule has 0 aliphatic rings. The normalized spacial score (nSPS) is 9.88. The highest BCUT2D eigenvalue weighted by atomic mass is 32.1. The molecule has 1 rings (SSSR count). The van der Waals surface area contributed by atoms with Crippen molar-refractivity contribution in [3.05, 3.63) is 16.1 Å². The molecule has 88 valence electrons. The minimum atomic E-state index is -0.375. The first-order chi connectivity index (χ1) is 7.61. The highest BCUT2D eigenvalue weighted by molar-refractivity contribution is 7.09. The summed E-state index contributed by atoms with van der Waals surface area (Å²) < 4.78 is 4.44. The number of nitrogens with one attached hydrogen (secondary N) is 1. The van der Waals surface area contributed by atoms with Crippen molar-refractivity contribution >= 4 is 23.2 Å². The number of rotatable bonds is 5. The van der Waals surface area contributed by atoms with Crippen LogP contribution < -0.4 is 5.32 Å². The van der Waals surface area contributed by atoms with Crippen LogP contribution in [0, 0.1) is 6.92 Å². The molecule has 0 aliphatic carbocycles. The van der Waals surface area contributed by atoms with Crippen molar-refractivity contribution in [1.29, 1.82) is 0 Å². The largest absolute Gasteiger partial charge is 0.469 e. The second kappa shape index (κ2) is 6.22. The van der Waals surface area contributed by atoms with Gasteiger partial charge in [-0.3, -0.25) is 9.59 Å². The zero-order valence-electron chi connectivity index (χ0n) is 9.28. The molecule has 0 saturated heterocycles. The molecule has 0 fully saturated rings. The Bertz CT molecular complexity index is 376. The van der Waals surface area contributed by atoms with Gasteiger partial charge in [-0.05, 0) is 6.92 Å². The van der Waals surface area contributed by atoms with Crippen molar-refractivity contribution in [3.8, 4) is 0 Å². The lowest BCUT2D eigenvalue weighted by Gasteiger charge is -2.02. The number of hydrogen-bond acceptors (Lipinski definition) is 5. The maximum atomic E-state index is 11.3. The number of aromatic nitrogens is 1. The van der Waals surface area contributed by atoms with Crippen LogP contribution in [0.5, 0.6) is 0 Å². The third-order valence-electron chi connectivity index (χ3n) is 1.92. The van der Waals surface area contributed by atoms with E-state index >= 15 is 0 Å². The van der Waals surface area contributed by atoms with Crippen LogP contribution in [0.25, 0.3) is 0 Å². The summed E-state index contributed by atoms with van der Waals surface area (Å²) in [6.45, 7) is 2.32. The molecule has 6 heteroatoms. The van der Waals surface area contributed by atoms with Gasteiger partial charge < -0.3 is 10.1 Å². The minimum Gasteiger partial charge on any atom is -0.469 e. The molecule has 1 aromatic heterocycles. The fraction of sp³-hybridized carbons (Fsp3) is 0.500. The summed E-state index contributed by atoms with van der Waals surface area (Å²) in [6, 6.07) is 0. The Balaban J connectivity index is 2.22. The number of nitrogens with zero attached hydrogens (tertiary/aromatic N) is 1. The number of ether oxygens (including phenoxy) is 1. The van der Waals surface area contributed by atoms with Crippen LogP contribution in [0.4, 0.5) is 0 Å². The van der Waals surface area contributed by atoms with Gasteiger partial charge in [-0.25, -0.2) is 4.98 Å². The van der Waals surface area contributed by atoms with E-state index in [1.54, 1.807) is 11.3 Å². The second-order valence-corrected chi connectivity index (χ2v) is 4.27. The summed E-state index contributed by atoms with van der Waals surface area (Å²) in [4.78, 5) is 26.3. The van der Waals surface area contributed by atoms with Gasteiger partial charge in [-0.15, -0.1) is 11.3 Å². The highest BCUT2D eigenvalue weighted by Crippen LogP contribution is 2.07. The van der Waals surface area contributed by atoms with Gasteiger partial charge >= 0.3 is 5.97 Å². The molecule has 5 nitrogen and oxygen atoms in total. The quantitative estimate of drug-likeness (QED) is 0.783. The molecule has 0 saturated carbocycles. The number of carbonyl (C=O) groups is 2. The molecule has 1 N–H and O–H groups in total. The summed E-state index contributed by atoms with van der Waals surface area (Å²) >= 11 is 1.54. The topological polar surface area (TPSA) is 68.3 Å². The third-order valence-corrected chi connectivity index (χ3v) is 2.74. The zero-order valence-corrected chi connectivity index (χ0v) is 10.1. The van der Waals surface area contributed by atoms with E-state index in [0.29, 0.717) is 6.54 Å². The van der Waals surface area contributed by atoms with Gasteiger partial charge in [0.1, 0.15) is 0 Å². The Morgan fingerprint density at radius 3 is 2.81 bits per heavy atom. The van der Waals surface area contributed by atoms with Crippen molar-refractivity contribution in [2.45, 2.75) is 26.3 Å². The van der Waals surface area contributed by atoms with Crippen molar-refractivity contribution in [2.24, 2.45) is 0 Å². The van der Waals surface area contributed by atoms with Crippen LogP contribution in [0.3, 0.4) is 0 Å². The van der Waals surface area contributed by atoms with E-state index in [9.17, 15) is 9.59 Å². The number of amides is 1. The van der Waals surface area contributed by atoms with Crippen LogP contribution >= 0.6 is 11.3 Å². The van der Waals surface area contributed by atoms with E-state index in [4.69, 9.17) is 0 Å². The number of methoxy groups -OCH3 is 1. The molecule has 0 atom stereocenters. The Morgan fingerprint density at radius 1 is 1.50 bits per heavy atom. The van der Waals surface area contributed by atoms with Crippen LogP contribution in [-0.2, 0) is 20.9 Å². The maximum absolute atomic E-state index is 11.3. The Labute approximate surface area is 97.8 Å². The summed E-state index contributed by atoms with van der Waals surface area (Å²) in [5, 5.41) is 5.56. The summed E-state index contributed by atoms with van der Waals surface area (Å²) in [6.07, 6.45) is 0.258. The molecule has 0 aromatic carbocycles. The molecule has 0 bridgehead atoms. The average Bonchev–Trinajstić information content (AvgIpc) is 2.69. The van der Waals surface area contributed by atoms with Crippen LogP contribution in [0.15, 0.2) is 5.38 Å². The molecule has 16 heavy (non-hydrogen) atoms. The summed E-state index contributed by atoms with van der Waals surface area (Å²) in [5.74, 6) is -0.546. The smallest absolute Gasteiger partial charge is 0.306 e. The Kier molecular flexibility index (Phi) is 4.91. The van der Waals surface area contributed by atoms with Gasteiger partial charge in [-0.1, -0.05) is 0 Å². The molecule has 0 unspecified atom stereocenters. The van der Waals surface area contributed by atoms with Gasteiger partial charge in [-0.2, -0.15) is 0 Å². The van der Waals surface area contributed by atoms with Crippen LogP contribution in [0.1, 0.15) is 23.5 Å². The van der Waals surface area contributed by atoms with E-state index in [-0.39, 0.29) is 24.7 Å². The van der Waals surface area contributed by atoms with Crippen LogP contribution in [0.2, 0.25) is 0 Å². The molecular weight excluding hydrogens is 228 g/mol. The van der Waals surface area contributed by atoms with E-state index in [0.717, 1.165) is 10.7 Å². The lowest BCUT2D eigenvalue weighted by atomic mass is 10.3. The molecule has 0 spiro atoms. The van der Waals surface area contributed by atoms with Crippen LogP contribution in [-0.4, -0.2) is 24.0 Å². The summed E-state index contributed by atoms with van der Waals surface area (Å²) in [5.41, 5.74) is 0.842. The van der Waals surface area contributed by atoms with Gasteiger partial charge in [0.25, 0.3) is 0 Å². The number of esters is 1. The fourth-order valence-electron chi connectivity index (χ4n) is 1.08. The number of hydrogen-bond donors (Lipinski definition) is 1. The van der Waals surface area contributed by atoms with E-state index in [2.05, 4.69) is 15.0 Å². The maximum Gasteiger partial charge on any atom is 0.306 e. The van der Waals surface area contributed by atoms with E-state index in [1.165, 1.54) is 7.11 Å². The third kappa shape index (κ3) is 4.39. The first-order valence-corrected chi connectivity index (χ1v) is 5.74. The molecule has 0 radical (unpaired) electrons. The molecular formula is C10H14N2O3S. The van der Waals surface area contributed by atoms with Gasteiger partial charge in [0, 0.05) is 11.8 Å². The first kappa shape index (κ1) is 12.6. The van der Waals surface area contributed by atoms with Gasteiger partial charge in [0.05, 0.1) is 30.8 Å².